The van der Waals surface area contributed by atoms with Gasteiger partial charge < -0.3 is 10.6 Å². The molecule has 104 valence electrons. The Morgan fingerprint density at radius 2 is 2.26 bits per heavy atom. The van der Waals surface area contributed by atoms with Crippen molar-refractivity contribution in [3.05, 3.63) is 27.9 Å². The van der Waals surface area contributed by atoms with Crippen molar-refractivity contribution in [2.45, 2.75) is 33.2 Å². The first kappa shape index (κ1) is 13.7. The van der Waals surface area contributed by atoms with Gasteiger partial charge in [-0.1, -0.05) is 13.8 Å². The average molecular weight is 264 g/mol. The zero-order chi connectivity index (χ0) is 14.2. The molecule has 0 spiro atoms. The molecule has 1 aliphatic rings. The summed E-state index contributed by atoms with van der Waals surface area (Å²) < 4.78 is 0. The Morgan fingerprint density at radius 3 is 2.84 bits per heavy atom. The first-order valence-corrected chi connectivity index (χ1v) is 6.43. The minimum Gasteiger partial charge on any atom is -0.350 e. The van der Waals surface area contributed by atoms with Crippen LogP contribution in [0, 0.1) is 22.5 Å². The summed E-state index contributed by atoms with van der Waals surface area (Å²) >= 11 is 0. The summed E-state index contributed by atoms with van der Waals surface area (Å²) in [5.41, 5.74) is 6.77. The van der Waals surface area contributed by atoms with E-state index in [0.29, 0.717) is 24.5 Å². The summed E-state index contributed by atoms with van der Waals surface area (Å²) in [6.45, 7) is 7.31. The topological polar surface area (TPSA) is 85.3 Å². The number of nitrogens with two attached hydrogens (primary N) is 1. The van der Waals surface area contributed by atoms with Gasteiger partial charge in [0.2, 0.25) is 5.82 Å². The molecule has 6 nitrogen and oxygen atoms in total. The highest BCUT2D eigenvalue weighted by molar-refractivity contribution is 5.61. The van der Waals surface area contributed by atoms with Gasteiger partial charge in [-0.25, -0.2) is 4.98 Å². The number of hydrogen-bond acceptors (Lipinski definition) is 5. The summed E-state index contributed by atoms with van der Waals surface area (Å²) in [5, 5.41) is 11.2. The molecular weight excluding hydrogens is 244 g/mol. The summed E-state index contributed by atoms with van der Waals surface area (Å²) in [5.74, 6) is 0.463. The molecule has 1 aliphatic heterocycles. The maximum atomic E-state index is 11.2. The van der Waals surface area contributed by atoms with Gasteiger partial charge in [-0.05, 0) is 24.8 Å². The van der Waals surface area contributed by atoms with Gasteiger partial charge in [0.25, 0.3) is 0 Å². The first-order valence-electron chi connectivity index (χ1n) is 6.43. The highest BCUT2D eigenvalue weighted by atomic mass is 16.6. The van der Waals surface area contributed by atoms with Crippen molar-refractivity contribution in [3.63, 3.8) is 0 Å². The number of aryl methyl sites for hydroxylation is 1. The number of aromatic nitrogens is 1. The van der Waals surface area contributed by atoms with Crippen molar-refractivity contribution in [1.29, 1.82) is 0 Å². The largest absolute Gasteiger partial charge is 0.350 e. The van der Waals surface area contributed by atoms with Crippen LogP contribution in [0.3, 0.4) is 0 Å². The Labute approximate surface area is 112 Å². The number of pyridine rings is 1. The van der Waals surface area contributed by atoms with E-state index in [9.17, 15) is 10.1 Å². The zero-order valence-corrected chi connectivity index (χ0v) is 11.6. The number of hydrogen-bond donors (Lipinski definition) is 1. The molecular formula is C13H20N4O2. The SMILES string of the molecule is Cc1ccnc(N2CCC(N)C(C)(C)C2)c1[N+](=O)[O-]. The molecule has 2 N–H and O–H groups in total. The maximum Gasteiger partial charge on any atom is 0.314 e. The van der Waals surface area contributed by atoms with E-state index in [1.165, 1.54) is 0 Å². The van der Waals surface area contributed by atoms with Crippen LogP contribution in [0.5, 0.6) is 0 Å². The molecule has 0 aliphatic carbocycles. The minimum atomic E-state index is -0.348. The molecule has 19 heavy (non-hydrogen) atoms. The lowest BCUT2D eigenvalue weighted by molar-refractivity contribution is -0.384. The van der Waals surface area contributed by atoms with Crippen molar-refractivity contribution in [3.8, 4) is 0 Å². The number of anilines is 1. The lowest BCUT2D eigenvalue weighted by Gasteiger charge is -2.42. The molecule has 0 bridgehead atoms. The molecule has 2 heterocycles. The van der Waals surface area contributed by atoms with Crippen molar-refractivity contribution in [1.82, 2.24) is 4.98 Å². The summed E-state index contributed by atoms with van der Waals surface area (Å²) in [6, 6.07) is 1.79. The van der Waals surface area contributed by atoms with Gasteiger partial charge >= 0.3 is 5.69 Å². The van der Waals surface area contributed by atoms with E-state index in [4.69, 9.17) is 5.73 Å². The van der Waals surface area contributed by atoms with Gasteiger partial charge in [0.15, 0.2) is 0 Å². The van der Waals surface area contributed by atoms with Crippen LogP contribution in [0.4, 0.5) is 11.5 Å². The number of nitrogens with zero attached hydrogens (tertiary/aromatic N) is 3. The third kappa shape index (κ3) is 2.53. The lowest BCUT2D eigenvalue weighted by atomic mass is 9.79. The van der Waals surface area contributed by atoms with E-state index in [1.54, 1.807) is 19.2 Å². The van der Waals surface area contributed by atoms with Gasteiger partial charge in [-0.3, -0.25) is 10.1 Å². The van der Waals surface area contributed by atoms with E-state index >= 15 is 0 Å². The van der Waals surface area contributed by atoms with Crippen molar-refractivity contribution in [2.75, 3.05) is 18.0 Å². The Hall–Kier alpha value is -1.69. The van der Waals surface area contributed by atoms with E-state index in [0.717, 1.165) is 6.42 Å². The van der Waals surface area contributed by atoms with Gasteiger partial charge in [-0.15, -0.1) is 0 Å². The Kier molecular flexibility index (Phi) is 3.45. The molecule has 0 aromatic carbocycles. The number of piperidine rings is 1. The Balaban J connectivity index is 2.38. The van der Waals surface area contributed by atoms with E-state index in [-0.39, 0.29) is 22.1 Å². The molecule has 2 rings (SSSR count). The molecule has 1 unspecified atom stereocenters. The minimum absolute atomic E-state index is 0.0719. The summed E-state index contributed by atoms with van der Waals surface area (Å²) in [6.07, 6.45) is 2.44. The monoisotopic (exact) mass is 264 g/mol. The third-order valence-corrected chi connectivity index (χ3v) is 3.90. The quantitative estimate of drug-likeness (QED) is 0.651. The highest BCUT2D eigenvalue weighted by Gasteiger charge is 2.36. The van der Waals surface area contributed by atoms with E-state index < -0.39 is 0 Å². The number of rotatable bonds is 2. The Bertz CT molecular complexity index is 501. The third-order valence-electron chi connectivity index (χ3n) is 3.90. The predicted molar refractivity (Wildman–Crippen MR) is 74.2 cm³/mol. The highest BCUT2D eigenvalue weighted by Crippen LogP contribution is 2.35. The molecule has 6 heteroatoms. The van der Waals surface area contributed by atoms with Crippen molar-refractivity contribution >= 4 is 11.5 Å². The zero-order valence-electron chi connectivity index (χ0n) is 11.6. The molecule has 0 saturated carbocycles. The van der Waals surface area contributed by atoms with Gasteiger partial charge in [0.05, 0.1) is 4.92 Å². The van der Waals surface area contributed by atoms with Crippen molar-refractivity contribution < 1.29 is 4.92 Å². The molecule has 1 atom stereocenters. The van der Waals surface area contributed by atoms with Crippen LogP contribution in [0.2, 0.25) is 0 Å². The normalized spacial score (nSPS) is 22.3. The maximum absolute atomic E-state index is 11.2. The molecule has 1 fully saturated rings. The van der Waals surface area contributed by atoms with Crippen LogP contribution < -0.4 is 10.6 Å². The van der Waals surface area contributed by atoms with Gasteiger partial charge in [-0.2, -0.15) is 0 Å². The number of nitro groups is 1. The first-order chi connectivity index (χ1) is 8.83. The van der Waals surface area contributed by atoms with Crippen LogP contribution >= 0.6 is 0 Å². The van der Waals surface area contributed by atoms with Crippen LogP contribution in [0.25, 0.3) is 0 Å². The van der Waals surface area contributed by atoms with Gasteiger partial charge in [0.1, 0.15) is 0 Å². The van der Waals surface area contributed by atoms with Gasteiger partial charge in [0, 0.05) is 30.9 Å². The fraction of sp³-hybridized carbons (Fsp3) is 0.615. The van der Waals surface area contributed by atoms with Crippen LogP contribution in [-0.4, -0.2) is 29.0 Å². The van der Waals surface area contributed by atoms with Crippen LogP contribution in [0.15, 0.2) is 12.3 Å². The Morgan fingerprint density at radius 1 is 1.58 bits per heavy atom. The summed E-state index contributed by atoms with van der Waals surface area (Å²) in [7, 11) is 0. The van der Waals surface area contributed by atoms with E-state index in [1.807, 2.05) is 4.90 Å². The molecule has 1 saturated heterocycles. The molecule has 1 aromatic rings. The van der Waals surface area contributed by atoms with Crippen molar-refractivity contribution in [2.24, 2.45) is 11.1 Å². The van der Waals surface area contributed by atoms with Crippen LogP contribution in [-0.2, 0) is 0 Å². The lowest BCUT2D eigenvalue weighted by Crippen LogP contribution is -2.52. The smallest absolute Gasteiger partial charge is 0.314 e. The predicted octanol–water partition coefficient (Wildman–Crippen LogP) is 1.86. The summed E-state index contributed by atoms with van der Waals surface area (Å²) in [4.78, 5) is 17.1. The van der Waals surface area contributed by atoms with Crippen LogP contribution in [0.1, 0.15) is 25.8 Å². The fourth-order valence-electron chi connectivity index (χ4n) is 2.55. The second-order valence-electron chi connectivity index (χ2n) is 5.86. The average Bonchev–Trinajstić information content (AvgIpc) is 2.31. The second kappa shape index (κ2) is 4.77. The molecule has 0 radical (unpaired) electrons. The van der Waals surface area contributed by atoms with E-state index in [2.05, 4.69) is 18.8 Å². The standard InChI is InChI=1S/C13H20N4O2/c1-9-4-6-15-12(11(9)17(18)19)16-7-5-10(14)13(2,3)8-16/h4,6,10H,5,7-8,14H2,1-3H3. The second-order valence-corrected chi connectivity index (χ2v) is 5.86. The molecule has 1 aromatic heterocycles. The molecule has 0 amide bonds. The fourth-order valence-corrected chi connectivity index (χ4v) is 2.55.